The number of amides is 1. The van der Waals surface area contributed by atoms with E-state index in [1.807, 2.05) is 43.1 Å². The van der Waals surface area contributed by atoms with Gasteiger partial charge in [0.2, 0.25) is 0 Å². The fourth-order valence-electron chi connectivity index (χ4n) is 3.03. The van der Waals surface area contributed by atoms with Crippen LogP contribution in [0.4, 0.5) is 5.69 Å². The first kappa shape index (κ1) is 16.2. The van der Waals surface area contributed by atoms with E-state index in [2.05, 4.69) is 18.2 Å². The molecule has 0 N–H and O–H groups in total. The van der Waals surface area contributed by atoms with Crippen LogP contribution in [0.1, 0.15) is 6.92 Å². The molecular weight excluding hydrogens is 352 g/mol. The molecule has 126 valence electrons. The number of benzene rings is 2. The molecule has 2 aromatic rings. The van der Waals surface area contributed by atoms with E-state index in [0.717, 1.165) is 16.8 Å². The van der Waals surface area contributed by atoms with Crippen molar-refractivity contribution < 1.29 is 9.53 Å². The smallest absolute Gasteiger partial charge is 0.266 e. The van der Waals surface area contributed by atoms with Crippen LogP contribution in [0.3, 0.4) is 0 Å². The van der Waals surface area contributed by atoms with Gasteiger partial charge in [0.1, 0.15) is 4.32 Å². The Bertz CT molecular complexity index is 965. The number of likely N-dealkylation sites (N-methyl/N-ethyl adjacent to an activating group) is 1. The second-order valence-electron chi connectivity index (χ2n) is 5.75. The fraction of sp³-hybridized carbons (Fsp3) is 0.158. The number of carbonyl (C=O) groups excluding carboxylic acids is 1. The number of hydrogen-bond acceptors (Lipinski definition) is 5. The Morgan fingerprint density at radius 3 is 2.76 bits per heavy atom. The number of rotatable bonds is 2. The molecule has 0 unspecified atom stereocenters. The van der Waals surface area contributed by atoms with Crippen molar-refractivity contribution in [1.29, 1.82) is 0 Å². The molecule has 0 atom stereocenters. The van der Waals surface area contributed by atoms with Gasteiger partial charge in [0.25, 0.3) is 5.91 Å². The van der Waals surface area contributed by atoms with E-state index in [1.54, 1.807) is 11.0 Å². The average molecular weight is 368 g/mol. The van der Waals surface area contributed by atoms with Crippen LogP contribution in [0.2, 0.25) is 0 Å². The highest BCUT2D eigenvalue weighted by Gasteiger charge is 2.31. The van der Waals surface area contributed by atoms with Gasteiger partial charge < -0.3 is 9.64 Å². The molecule has 0 aromatic heterocycles. The Balaban J connectivity index is 1.68. The molecule has 0 aliphatic carbocycles. The van der Waals surface area contributed by atoms with Crippen molar-refractivity contribution >= 4 is 50.7 Å². The van der Waals surface area contributed by atoms with Crippen molar-refractivity contribution in [2.75, 3.05) is 18.5 Å². The first-order chi connectivity index (χ1) is 12.1. The van der Waals surface area contributed by atoms with Gasteiger partial charge in [0.15, 0.2) is 11.6 Å². The second kappa shape index (κ2) is 6.20. The van der Waals surface area contributed by atoms with Crippen LogP contribution < -0.4 is 9.64 Å². The average Bonchev–Trinajstić information content (AvgIpc) is 3.09. The van der Waals surface area contributed by atoms with Gasteiger partial charge in [-0.05, 0) is 24.5 Å². The Labute approximate surface area is 155 Å². The van der Waals surface area contributed by atoms with Gasteiger partial charge in [0, 0.05) is 25.1 Å². The largest absolute Gasteiger partial charge is 0.439 e. The Morgan fingerprint density at radius 2 is 2.00 bits per heavy atom. The molecule has 4 rings (SSSR count). The lowest BCUT2D eigenvalue weighted by Crippen LogP contribution is -2.27. The summed E-state index contributed by atoms with van der Waals surface area (Å²) < 4.78 is 6.58. The topological polar surface area (TPSA) is 32.8 Å². The predicted octanol–water partition coefficient (Wildman–Crippen LogP) is 4.27. The summed E-state index contributed by atoms with van der Waals surface area (Å²) in [7, 11) is 1.97. The summed E-state index contributed by atoms with van der Waals surface area (Å²) in [4.78, 5) is 16.5. The molecule has 2 aromatic carbocycles. The third-order valence-corrected chi connectivity index (χ3v) is 5.71. The van der Waals surface area contributed by atoms with Crippen LogP contribution in [0.5, 0.6) is 5.75 Å². The second-order valence-corrected chi connectivity index (χ2v) is 7.42. The van der Waals surface area contributed by atoms with Crippen LogP contribution in [-0.2, 0) is 4.79 Å². The molecule has 2 aliphatic heterocycles. The van der Waals surface area contributed by atoms with Gasteiger partial charge >= 0.3 is 0 Å². The molecule has 6 heteroatoms. The van der Waals surface area contributed by atoms with Crippen molar-refractivity contribution in [3.05, 3.63) is 59.3 Å². The predicted molar refractivity (Wildman–Crippen MR) is 107 cm³/mol. The third-order valence-electron chi connectivity index (χ3n) is 4.31. The first-order valence-electron chi connectivity index (χ1n) is 7.99. The van der Waals surface area contributed by atoms with E-state index in [9.17, 15) is 4.79 Å². The number of anilines is 1. The highest BCUT2D eigenvalue weighted by Crippen LogP contribution is 2.43. The summed E-state index contributed by atoms with van der Waals surface area (Å²) in [5.41, 5.74) is 1.04. The minimum Gasteiger partial charge on any atom is -0.439 e. The van der Waals surface area contributed by atoms with Gasteiger partial charge in [-0.25, -0.2) is 0 Å². The zero-order chi connectivity index (χ0) is 17.6. The molecule has 25 heavy (non-hydrogen) atoms. The lowest BCUT2D eigenvalue weighted by molar-refractivity contribution is -0.122. The summed E-state index contributed by atoms with van der Waals surface area (Å²) >= 11 is 6.57. The van der Waals surface area contributed by atoms with E-state index in [-0.39, 0.29) is 5.91 Å². The highest BCUT2D eigenvalue weighted by molar-refractivity contribution is 8.26. The number of carbonyl (C=O) groups is 1. The summed E-state index contributed by atoms with van der Waals surface area (Å²) in [6.07, 6.45) is 3.62. The first-order valence-corrected chi connectivity index (χ1v) is 9.21. The standard InChI is InChI=1S/C19H16N2O2S2/c1-3-21-18(22)15(25-19(21)24)10-11-16-20(2)17-13-7-5-4-6-12(13)8-9-14(17)23-16/h4-11H,3H2,1-2H3/b15-10-,16-11+. The van der Waals surface area contributed by atoms with Crippen molar-refractivity contribution in [3.63, 3.8) is 0 Å². The molecular formula is C19H16N2O2S2. The van der Waals surface area contributed by atoms with Crippen molar-refractivity contribution in [1.82, 2.24) is 4.90 Å². The maximum atomic E-state index is 12.3. The summed E-state index contributed by atoms with van der Waals surface area (Å²) in [5.74, 6) is 1.47. The zero-order valence-corrected chi connectivity index (χ0v) is 15.5. The summed E-state index contributed by atoms with van der Waals surface area (Å²) in [6.45, 7) is 2.51. The van der Waals surface area contributed by atoms with E-state index in [4.69, 9.17) is 17.0 Å². The van der Waals surface area contributed by atoms with E-state index >= 15 is 0 Å². The van der Waals surface area contributed by atoms with Gasteiger partial charge in [-0.3, -0.25) is 9.69 Å². The van der Waals surface area contributed by atoms with Crippen molar-refractivity contribution in [2.24, 2.45) is 0 Å². The van der Waals surface area contributed by atoms with Crippen LogP contribution in [-0.4, -0.2) is 28.7 Å². The zero-order valence-electron chi connectivity index (χ0n) is 13.9. The monoisotopic (exact) mass is 368 g/mol. The number of ether oxygens (including phenoxy) is 1. The number of allylic oxidation sites excluding steroid dienone is 2. The molecule has 1 fully saturated rings. The maximum absolute atomic E-state index is 12.3. The van der Waals surface area contributed by atoms with E-state index in [0.29, 0.717) is 21.7 Å². The van der Waals surface area contributed by atoms with Crippen LogP contribution in [0.25, 0.3) is 10.8 Å². The van der Waals surface area contributed by atoms with Crippen molar-refractivity contribution in [2.45, 2.75) is 6.92 Å². The van der Waals surface area contributed by atoms with Crippen LogP contribution in [0.15, 0.2) is 59.3 Å². The molecule has 4 nitrogen and oxygen atoms in total. The van der Waals surface area contributed by atoms with Crippen LogP contribution in [0, 0.1) is 0 Å². The molecule has 0 saturated carbocycles. The molecule has 0 bridgehead atoms. The lowest BCUT2D eigenvalue weighted by Gasteiger charge is -2.12. The third kappa shape index (κ3) is 2.62. The molecule has 0 spiro atoms. The summed E-state index contributed by atoms with van der Waals surface area (Å²) in [5, 5.41) is 2.31. The quantitative estimate of drug-likeness (QED) is 0.584. The van der Waals surface area contributed by atoms with Gasteiger partial charge in [0.05, 0.1) is 10.6 Å². The fourth-order valence-corrected chi connectivity index (χ4v) is 4.36. The molecule has 2 aliphatic rings. The highest BCUT2D eigenvalue weighted by atomic mass is 32.2. The number of hydrogen-bond donors (Lipinski definition) is 0. The van der Waals surface area contributed by atoms with E-state index < -0.39 is 0 Å². The molecule has 2 heterocycles. The molecule has 1 saturated heterocycles. The maximum Gasteiger partial charge on any atom is 0.266 e. The van der Waals surface area contributed by atoms with Crippen LogP contribution >= 0.6 is 24.0 Å². The SMILES string of the molecule is CCN1C(=O)/C(=C/C=C2/Oc3ccc4ccccc4c3N2C)SC1=S. The van der Waals surface area contributed by atoms with Gasteiger partial charge in [-0.2, -0.15) is 0 Å². The number of fused-ring (bicyclic) bond motifs is 3. The number of thioether (sulfide) groups is 1. The Kier molecular flexibility index (Phi) is 4.01. The minimum atomic E-state index is -0.0436. The Morgan fingerprint density at radius 1 is 1.20 bits per heavy atom. The van der Waals surface area contributed by atoms with Gasteiger partial charge in [-0.1, -0.05) is 54.3 Å². The van der Waals surface area contributed by atoms with E-state index in [1.165, 1.54) is 17.1 Å². The Hall–Kier alpha value is -2.31. The molecule has 0 radical (unpaired) electrons. The molecule has 1 amide bonds. The van der Waals surface area contributed by atoms with Gasteiger partial charge in [-0.15, -0.1) is 0 Å². The lowest BCUT2D eigenvalue weighted by atomic mass is 10.1. The normalized spacial score (nSPS) is 20.1. The number of thiocarbonyl (C=S) groups is 1. The van der Waals surface area contributed by atoms with Crippen molar-refractivity contribution in [3.8, 4) is 5.75 Å². The summed E-state index contributed by atoms with van der Waals surface area (Å²) in [6, 6.07) is 12.2. The minimum absolute atomic E-state index is 0.0436. The number of nitrogens with zero attached hydrogens (tertiary/aromatic N) is 2.